The molecular weight excluding hydrogens is 352 g/mol. The molecule has 144 valence electrons. The van der Waals surface area contributed by atoms with E-state index in [2.05, 4.69) is 18.0 Å². The van der Waals surface area contributed by atoms with Crippen LogP contribution in [0.2, 0.25) is 0 Å². The number of hydrogen-bond donors (Lipinski definition) is 3. The lowest BCUT2D eigenvalue weighted by molar-refractivity contribution is 0.100. The zero-order chi connectivity index (χ0) is 20.1. The zero-order valence-corrected chi connectivity index (χ0v) is 15.7. The number of benzene rings is 2. The van der Waals surface area contributed by atoms with Crippen LogP contribution in [-0.2, 0) is 6.61 Å². The number of allylic oxidation sites excluding steroid dienone is 1. The fourth-order valence-corrected chi connectivity index (χ4v) is 3.47. The topological polar surface area (TPSA) is 114 Å². The Hall–Kier alpha value is -3.30. The van der Waals surface area contributed by atoms with Crippen LogP contribution >= 0.6 is 0 Å². The van der Waals surface area contributed by atoms with Gasteiger partial charge in [0.05, 0.1) is 22.9 Å². The van der Waals surface area contributed by atoms with E-state index in [-0.39, 0.29) is 12.2 Å². The highest BCUT2D eigenvalue weighted by molar-refractivity contribution is 6.01. The molecule has 5 N–H and O–H groups in total. The molecule has 0 radical (unpaired) electrons. The Morgan fingerprint density at radius 2 is 1.96 bits per heavy atom. The summed E-state index contributed by atoms with van der Waals surface area (Å²) >= 11 is 0. The molecule has 6 nitrogen and oxygen atoms in total. The number of nitrogen functional groups attached to an aromatic ring is 1. The maximum atomic E-state index is 11.9. The van der Waals surface area contributed by atoms with Crippen molar-refractivity contribution in [2.45, 2.75) is 19.4 Å². The molecule has 3 rings (SSSR count). The first-order chi connectivity index (χ1) is 13.5. The summed E-state index contributed by atoms with van der Waals surface area (Å²) in [6, 6.07) is 12.7. The number of amides is 1. The summed E-state index contributed by atoms with van der Waals surface area (Å²) in [4.78, 5) is 11.9. The summed E-state index contributed by atoms with van der Waals surface area (Å²) in [5.74, 6) is 0.191. The van der Waals surface area contributed by atoms with Crippen LogP contribution in [-0.4, -0.2) is 19.0 Å². The Balaban J connectivity index is 1.88. The quantitative estimate of drug-likeness (QED) is 0.671. The summed E-state index contributed by atoms with van der Waals surface area (Å²) in [6.07, 6.45) is 1.94. The van der Waals surface area contributed by atoms with Crippen LogP contribution in [0.25, 0.3) is 5.57 Å². The number of nitrogens with two attached hydrogens (primary N) is 2. The van der Waals surface area contributed by atoms with Crippen molar-refractivity contribution in [3.8, 4) is 11.8 Å². The van der Waals surface area contributed by atoms with Gasteiger partial charge in [-0.2, -0.15) is 5.26 Å². The Bertz CT molecular complexity index is 940. The second kappa shape index (κ2) is 8.59. The van der Waals surface area contributed by atoms with Crippen molar-refractivity contribution < 1.29 is 9.53 Å². The summed E-state index contributed by atoms with van der Waals surface area (Å²) in [7, 11) is 0. The van der Waals surface area contributed by atoms with Crippen LogP contribution in [0, 0.1) is 17.2 Å². The SMILES string of the molecule is C=C(c1cc(OCc2cccc(C#N)c2)cc(C(N)=O)c1N)C1CCNCC1. The number of primary amides is 1. The molecule has 2 aromatic rings. The molecule has 1 aliphatic heterocycles. The molecule has 0 spiro atoms. The number of ether oxygens (including phenoxy) is 1. The van der Waals surface area contributed by atoms with E-state index in [1.165, 1.54) is 0 Å². The monoisotopic (exact) mass is 376 g/mol. The summed E-state index contributed by atoms with van der Waals surface area (Å²) < 4.78 is 5.89. The first-order valence-electron chi connectivity index (χ1n) is 9.24. The standard InChI is InChI=1S/C22H24N4O2/c1-14(17-5-7-26-8-6-17)19-10-18(11-20(21(19)24)22(25)27)28-13-16-4-2-3-15(9-16)12-23/h2-4,9-11,17,26H,1,5-8,13,24H2,(H2,25,27). The normalized spacial score (nSPS) is 14.2. The fourth-order valence-electron chi connectivity index (χ4n) is 3.47. The molecule has 0 aliphatic carbocycles. The molecule has 1 fully saturated rings. The van der Waals surface area contributed by atoms with E-state index in [1.807, 2.05) is 12.1 Å². The van der Waals surface area contributed by atoms with Gasteiger partial charge in [-0.15, -0.1) is 0 Å². The molecule has 2 aromatic carbocycles. The van der Waals surface area contributed by atoms with E-state index < -0.39 is 5.91 Å². The Kier molecular flexibility index (Phi) is 5.97. The fraction of sp³-hybridized carbons (Fsp3) is 0.273. The second-order valence-corrected chi connectivity index (χ2v) is 6.95. The third-order valence-electron chi connectivity index (χ3n) is 5.06. The summed E-state index contributed by atoms with van der Waals surface area (Å²) in [5.41, 5.74) is 15.4. The second-order valence-electron chi connectivity index (χ2n) is 6.95. The number of nitrogens with one attached hydrogen (secondary N) is 1. The van der Waals surface area contributed by atoms with Crippen molar-refractivity contribution >= 4 is 17.2 Å². The van der Waals surface area contributed by atoms with Gasteiger partial charge in [0.25, 0.3) is 5.91 Å². The van der Waals surface area contributed by atoms with Gasteiger partial charge < -0.3 is 21.5 Å². The van der Waals surface area contributed by atoms with Crippen molar-refractivity contribution in [3.63, 3.8) is 0 Å². The van der Waals surface area contributed by atoms with Gasteiger partial charge in [0.1, 0.15) is 12.4 Å². The van der Waals surface area contributed by atoms with E-state index in [4.69, 9.17) is 21.5 Å². The summed E-state index contributed by atoms with van der Waals surface area (Å²) in [6.45, 7) is 6.36. The smallest absolute Gasteiger partial charge is 0.250 e. The molecule has 0 aromatic heterocycles. The molecule has 28 heavy (non-hydrogen) atoms. The van der Waals surface area contributed by atoms with Crippen LogP contribution < -0.4 is 21.5 Å². The number of nitrogens with zero attached hydrogens (tertiary/aromatic N) is 1. The van der Waals surface area contributed by atoms with E-state index in [9.17, 15) is 4.79 Å². The minimum Gasteiger partial charge on any atom is -0.489 e. The minimum absolute atomic E-state index is 0.230. The number of nitriles is 1. The number of rotatable bonds is 6. The largest absolute Gasteiger partial charge is 0.489 e. The Morgan fingerprint density at radius 3 is 2.64 bits per heavy atom. The van der Waals surface area contributed by atoms with Gasteiger partial charge in [-0.3, -0.25) is 4.79 Å². The minimum atomic E-state index is -0.603. The highest BCUT2D eigenvalue weighted by Gasteiger charge is 2.22. The average Bonchev–Trinajstić information content (AvgIpc) is 2.73. The number of anilines is 1. The molecular formula is C22H24N4O2. The first kappa shape index (κ1) is 19.5. The molecule has 1 amide bonds. The molecule has 0 unspecified atom stereocenters. The first-order valence-corrected chi connectivity index (χ1v) is 9.24. The maximum absolute atomic E-state index is 11.9. The van der Waals surface area contributed by atoms with Gasteiger partial charge in [-0.1, -0.05) is 18.7 Å². The molecule has 0 bridgehead atoms. The number of piperidine rings is 1. The molecule has 6 heteroatoms. The molecule has 1 aliphatic rings. The third kappa shape index (κ3) is 4.33. The third-order valence-corrected chi connectivity index (χ3v) is 5.06. The van der Waals surface area contributed by atoms with Crippen LogP contribution in [0.3, 0.4) is 0 Å². The average molecular weight is 376 g/mol. The lowest BCUT2D eigenvalue weighted by Crippen LogP contribution is -2.28. The van der Waals surface area contributed by atoms with Crippen LogP contribution in [0.15, 0.2) is 43.0 Å². The van der Waals surface area contributed by atoms with Gasteiger partial charge in [0, 0.05) is 5.56 Å². The number of carbonyl (C=O) groups excluding carboxylic acids is 1. The van der Waals surface area contributed by atoms with Gasteiger partial charge in [-0.05, 0) is 67.3 Å². The van der Waals surface area contributed by atoms with Crippen LogP contribution in [0.4, 0.5) is 5.69 Å². The van der Waals surface area contributed by atoms with Crippen molar-refractivity contribution in [3.05, 3.63) is 65.2 Å². The molecule has 1 saturated heterocycles. The summed E-state index contributed by atoms with van der Waals surface area (Å²) in [5, 5.41) is 12.4. The lowest BCUT2D eigenvalue weighted by Gasteiger charge is -2.26. The van der Waals surface area contributed by atoms with E-state index in [1.54, 1.807) is 24.3 Å². The van der Waals surface area contributed by atoms with Crippen LogP contribution in [0.1, 0.15) is 39.9 Å². The van der Waals surface area contributed by atoms with E-state index in [0.29, 0.717) is 28.5 Å². The van der Waals surface area contributed by atoms with Crippen molar-refractivity contribution in [1.82, 2.24) is 5.32 Å². The van der Waals surface area contributed by atoms with Gasteiger partial charge in [0.2, 0.25) is 0 Å². The zero-order valence-electron chi connectivity index (χ0n) is 15.7. The van der Waals surface area contributed by atoms with E-state index in [0.717, 1.165) is 37.1 Å². The van der Waals surface area contributed by atoms with E-state index >= 15 is 0 Å². The Morgan fingerprint density at radius 1 is 1.25 bits per heavy atom. The highest BCUT2D eigenvalue weighted by Crippen LogP contribution is 2.36. The Labute approximate surface area is 164 Å². The molecule has 0 atom stereocenters. The highest BCUT2D eigenvalue weighted by atomic mass is 16.5. The van der Waals surface area contributed by atoms with Crippen LogP contribution in [0.5, 0.6) is 5.75 Å². The number of hydrogen-bond acceptors (Lipinski definition) is 5. The van der Waals surface area contributed by atoms with Gasteiger partial charge >= 0.3 is 0 Å². The van der Waals surface area contributed by atoms with Crippen molar-refractivity contribution in [2.75, 3.05) is 18.8 Å². The number of carbonyl (C=O) groups is 1. The predicted molar refractivity (Wildman–Crippen MR) is 109 cm³/mol. The molecule has 0 saturated carbocycles. The molecule has 1 heterocycles. The van der Waals surface area contributed by atoms with Crippen molar-refractivity contribution in [1.29, 1.82) is 5.26 Å². The van der Waals surface area contributed by atoms with Gasteiger partial charge in [-0.25, -0.2) is 0 Å². The lowest BCUT2D eigenvalue weighted by atomic mass is 9.85. The predicted octanol–water partition coefficient (Wildman–Crippen LogP) is 2.83. The van der Waals surface area contributed by atoms with Crippen molar-refractivity contribution in [2.24, 2.45) is 11.7 Å². The van der Waals surface area contributed by atoms with Gasteiger partial charge in [0.15, 0.2) is 0 Å². The maximum Gasteiger partial charge on any atom is 0.250 e.